The van der Waals surface area contributed by atoms with Crippen molar-refractivity contribution in [1.29, 1.82) is 0 Å². The van der Waals surface area contributed by atoms with Gasteiger partial charge in [-0.15, -0.1) is 11.3 Å². The minimum atomic E-state index is -0.0660. The van der Waals surface area contributed by atoms with E-state index >= 15 is 0 Å². The molecule has 0 aliphatic carbocycles. The Kier molecular flexibility index (Phi) is 6.11. The number of hydrogen-bond acceptors (Lipinski definition) is 5. The number of carbonyl (C=O) groups is 1. The topological polar surface area (TPSA) is 65.4 Å². The van der Waals surface area contributed by atoms with E-state index in [2.05, 4.69) is 29.8 Å². The molecule has 34 heavy (non-hydrogen) atoms. The Morgan fingerprint density at radius 1 is 1.12 bits per heavy atom. The average Bonchev–Trinajstić information content (AvgIpc) is 3.40. The number of para-hydroxylation sites is 3. The van der Waals surface area contributed by atoms with Crippen molar-refractivity contribution >= 4 is 22.9 Å². The van der Waals surface area contributed by atoms with Crippen molar-refractivity contribution in [2.75, 3.05) is 11.9 Å². The monoisotopic (exact) mass is 473 g/mol. The third kappa shape index (κ3) is 4.56. The summed E-state index contributed by atoms with van der Waals surface area (Å²) in [7, 11) is 0. The molecule has 6 nitrogen and oxygen atoms in total. The average molecular weight is 474 g/mol. The lowest BCUT2D eigenvalue weighted by molar-refractivity contribution is -0.115. The molecular weight excluding hydrogens is 446 g/mol. The van der Waals surface area contributed by atoms with Gasteiger partial charge in [0.15, 0.2) is 17.6 Å². The van der Waals surface area contributed by atoms with E-state index in [9.17, 15) is 4.79 Å². The third-order valence-electron chi connectivity index (χ3n) is 6.09. The zero-order valence-corrected chi connectivity index (χ0v) is 20.3. The number of nitrogens with zero attached hydrogens (tertiary/aromatic N) is 2. The summed E-state index contributed by atoms with van der Waals surface area (Å²) < 4.78 is 14.3. The summed E-state index contributed by atoms with van der Waals surface area (Å²) in [6, 6.07) is 17.7. The largest absolute Gasteiger partial charge is 0.486 e. The number of aryl methyl sites for hydroxylation is 2. The quantitative estimate of drug-likeness (QED) is 0.398. The molecule has 1 N–H and O–H groups in total. The van der Waals surface area contributed by atoms with E-state index in [-0.39, 0.29) is 18.4 Å². The molecule has 1 unspecified atom stereocenters. The summed E-state index contributed by atoms with van der Waals surface area (Å²) in [6.07, 6.45) is 0.188. The predicted molar refractivity (Wildman–Crippen MR) is 135 cm³/mol. The molecule has 1 atom stereocenters. The molecule has 2 aromatic heterocycles. The van der Waals surface area contributed by atoms with Crippen LogP contribution >= 0.6 is 11.3 Å². The first-order valence-electron chi connectivity index (χ1n) is 11.3. The first-order chi connectivity index (χ1) is 16.5. The number of anilines is 1. The highest BCUT2D eigenvalue weighted by molar-refractivity contribution is 7.10. The van der Waals surface area contributed by atoms with Crippen LogP contribution in [0.1, 0.15) is 22.0 Å². The van der Waals surface area contributed by atoms with Crippen molar-refractivity contribution in [2.45, 2.75) is 39.8 Å². The second-order valence-electron chi connectivity index (χ2n) is 8.56. The lowest BCUT2D eigenvalue weighted by Gasteiger charge is -2.27. The highest BCUT2D eigenvalue weighted by Crippen LogP contribution is 2.33. The van der Waals surface area contributed by atoms with E-state index in [0.717, 1.165) is 50.4 Å². The van der Waals surface area contributed by atoms with Crippen LogP contribution < -0.4 is 14.8 Å². The molecule has 174 valence electrons. The van der Waals surface area contributed by atoms with E-state index < -0.39 is 0 Å². The van der Waals surface area contributed by atoms with Crippen molar-refractivity contribution < 1.29 is 14.3 Å². The molecule has 2 aromatic carbocycles. The van der Waals surface area contributed by atoms with E-state index in [4.69, 9.17) is 14.5 Å². The van der Waals surface area contributed by atoms with Crippen LogP contribution in [0.25, 0.3) is 11.3 Å². The molecule has 4 aromatic rings. The number of fused-ring (bicyclic) bond motifs is 1. The number of thiazole rings is 1. The Hall–Kier alpha value is -3.58. The number of aromatic nitrogens is 2. The van der Waals surface area contributed by atoms with E-state index in [1.165, 1.54) is 11.3 Å². The number of ether oxygens (including phenoxy) is 2. The third-order valence-corrected chi connectivity index (χ3v) is 6.93. The van der Waals surface area contributed by atoms with Crippen LogP contribution in [0, 0.1) is 20.8 Å². The van der Waals surface area contributed by atoms with Gasteiger partial charge in [-0.1, -0.05) is 30.3 Å². The molecule has 3 heterocycles. The second kappa shape index (κ2) is 9.35. The summed E-state index contributed by atoms with van der Waals surface area (Å²) in [5, 5.41) is 5.81. The number of hydrogen-bond donors (Lipinski definition) is 1. The summed E-state index contributed by atoms with van der Waals surface area (Å²) >= 11 is 1.51. The summed E-state index contributed by atoms with van der Waals surface area (Å²) in [4.78, 5) is 17.3. The molecule has 0 saturated carbocycles. The molecule has 0 radical (unpaired) electrons. The number of nitrogens with one attached hydrogen (secondary N) is 1. The smallest absolute Gasteiger partial charge is 0.231 e. The minimum absolute atomic E-state index is 0.0598. The first kappa shape index (κ1) is 22.2. The Balaban J connectivity index is 1.28. The van der Waals surface area contributed by atoms with Crippen LogP contribution in [0.4, 0.5) is 5.69 Å². The van der Waals surface area contributed by atoms with Gasteiger partial charge in [-0.05, 0) is 50.6 Å². The number of rotatable bonds is 6. The second-order valence-corrected chi connectivity index (χ2v) is 9.50. The highest BCUT2D eigenvalue weighted by atomic mass is 32.1. The summed E-state index contributed by atoms with van der Waals surface area (Å²) in [5.74, 6) is 1.52. The lowest BCUT2D eigenvalue weighted by atomic mass is 10.2. The van der Waals surface area contributed by atoms with Crippen molar-refractivity contribution in [1.82, 2.24) is 9.55 Å². The van der Waals surface area contributed by atoms with Gasteiger partial charge in [0.25, 0.3) is 0 Å². The maximum Gasteiger partial charge on any atom is 0.231 e. The fourth-order valence-corrected chi connectivity index (χ4v) is 5.05. The highest BCUT2D eigenvalue weighted by Gasteiger charge is 2.23. The van der Waals surface area contributed by atoms with Gasteiger partial charge in [-0.3, -0.25) is 4.79 Å². The Bertz CT molecular complexity index is 1340. The van der Waals surface area contributed by atoms with Gasteiger partial charge in [0.2, 0.25) is 5.91 Å². The Morgan fingerprint density at radius 2 is 1.88 bits per heavy atom. The van der Waals surface area contributed by atoms with Crippen molar-refractivity contribution in [3.63, 3.8) is 0 Å². The van der Waals surface area contributed by atoms with Crippen molar-refractivity contribution in [2.24, 2.45) is 0 Å². The van der Waals surface area contributed by atoms with E-state index in [1.54, 1.807) is 0 Å². The fourth-order valence-electron chi connectivity index (χ4n) is 4.26. The fraction of sp³-hybridized carbons (Fsp3) is 0.259. The first-order valence-corrected chi connectivity index (χ1v) is 12.2. The molecule has 1 amide bonds. The molecule has 0 spiro atoms. The van der Waals surface area contributed by atoms with E-state index in [1.807, 2.05) is 60.8 Å². The maximum atomic E-state index is 12.5. The van der Waals surface area contributed by atoms with Gasteiger partial charge in [-0.2, -0.15) is 0 Å². The molecule has 0 bridgehead atoms. The normalized spacial score (nSPS) is 14.7. The van der Waals surface area contributed by atoms with E-state index in [0.29, 0.717) is 13.2 Å². The van der Waals surface area contributed by atoms with Crippen LogP contribution in [0.5, 0.6) is 11.5 Å². The predicted octanol–water partition coefficient (Wildman–Crippen LogP) is 5.56. The summed E-state index contributed by atoms with van der Waals surface area (Å²) in [5.41, 5.74) is 6.12. The molecule has 0 fully saturated rings. The number of carbonyl (C=O) groups excluding carboxylic acids is 1. The van der Waals surface area contributed by atoms with Crippen LogP contribution in [-0.4, -0.2) is 28.2 Å². The van der Waals surface area contributed by atoms with Crippen molar-refractivity contribution in [3.8, 4) is 22.8 Å². The molecular formula is C27H27N3O3S. The van der Waals surface area contributed by atoms with Gasteiger partial charge < -0.3 is 19.4 Å². The molecule has 7 heteroatoms. The molecule has 1 aliphatic heterocycles. The zero-order valence-electron chi connectivity index (χ0n) is 19.5. The lowest BCUT2D eigenvalue weighted by Crippen LogP contribution is -2.33. The van der Waals surface area contributed by atoms with Crippen LogP contribution in [0.15, 0.2) is 60.0 Å². The minimum Gasteiger partial charge on any atom is -0.486 e. The van der Waals surface area contributed by atoms with Gasteiger partial charge in [0.05, 0.1) is 18.7 Å². The Labute approximate surface area is 203 Å². The van der Waals surface area contributed by atoms with Gasteiger partial charge >= 0.3 is 0 Å². The van der Waals surface area contributed by atoms with Crippen LogP contribution in [0.3, 0.4) is 0 Å². The number of benzene rings is 2. The van der Waals surface area contributed by atoms with Crippen molar-refractivity contribution in [3.05, 3.63) is 81.9 Å². The SMILES string of the molecule is Cc1ccccc1NC(=O)Cc1nc(-c2cc(C)n(CC3COc4ccccc4O3)c2C)cs1. The van der Waals surface area contributed by atoms with Crippen LogP contribution in [0.2, 0.25) is 0 Å². The number of amides is 1. The maximum absolute atomic E-state index is 12.5. The standard InChI is InChI=1S/C27H27N3O3S/c1-17-8-4-5-9-22(17)28-26(31)13-27-29-23(16-34-27)21-12-18(2)30(19(21)3)14-20-15-32-24-10-6-7-11-25(24)33-20/h4-12,16,20H,13-15H2,1-3H3,(H,28,31). The molecule has 0 saturated heterocycles. The molecule has 1 aliphatic rings. The zero-order chi connectivity index (χ0) is 23.7. The van der Waals surface area contributed by atoms with Gasteiger partial charge in [-0.25, -0.2) is 4.98 Å². The molecule has 5 rings (SSSR count). The van der Waals surface area contributed by atoms with Gasteiger partial charge in [0, 0.05) is 28.0 Å². The Morgan fingerprint density at radius 3 is 2.71 bits per heavy atom. The summed E-state index contributed by atoms with van der Waals surface area (Å²) in [6.45, 7) is 7.39. The van der Waals surface area contributed by atoms with Crippen LogP contribution in [-0.2, 0) is 17.8 Å². The van der Waals surface area contributed by atoms with Gasteiger partial charge in [0.1, 0.15) is 11.6 Å².